The van der Waals surface area contributed by atoms with Gasteiger partial charge in [0.1, 0.15) is 6.61 Å². The minimum absolute atomic E-state index is 0.107. The summed E-state index contributed by atoms with van der Waals surface area (Å²) in [4.78, 5) is 16.2. The van der Waals surface area contributed by atoms with E-state index in [-0.39, 0.29) is 6.61 Å². The van der Waals surface area contributed by atoms with Crippen LogP contribution in [0.4, 0.5) is 0 Å². The summed E-state index contributed by atoms with van der Waals surface area (Å²) in [6.07, 6.45) is 0. The Morgan fingerprint density at radius 1 is 1.19 bits per heavy atom. The fourth-order valence-electron chi connectivity index (χ4n) is 1.85. The molecule has 0 saturated heterocycles. The van der Waals surface area contributed by atoms with Gasteiger partial charge in [-0.2, -0.15) is 0 Å². The zero-order valence-corrected chi connectivity index (χ0v) is 13.0. The Bertz CT molecular complexity index is 816. The monoisotopic (exact) mass is 337 g/mol. The Balaban J connectivity index is 1.73. The average molecular weight is 338 g/mol. The van der Waals surface area contributed by atoms with E-state index in [4.69, 9.17) is 27.9 Å². The van der Waals surface area contributed by atoms with Crippen LogP contribution in [0, 0.1) is 0 Å². The summed E-state index contributed by atoms with van der Waals surface area (Å²) in [7, 11) is 0. The number of hydrogen-bond donors (Lipinski definition) is 0. The highest BCUT2D eigenvalue weighted by Gasteiger charge is 2.10. The van der Waals surface area contributed by atoms with Crippen molar-refractivity contribution in [2.75, 3.05) is 0 Å². The minimum Gasteiger partial charge on any atom is -0.457 e. The van der Waals surface area contributed by atoms with Crippen molar-refractivity contribution < 1.29 is 9.53 Å². The van der Waals surface area contributed by atoms with Gasteiger partial charge >= 0.3 is 5.97 Å². The van der Waals surface area contributed by atoms with Crippen LogP contribution < -0.4 is 0 Å². The quantitative estimate of drug-likeness (QED) is 0.634. The maximum Gasteiger partial charge on any atom is 0.338 e. The van der Waals surface area contributed by atoms with Gasteiger partial charge in [0, 0.05) is 15.6 Å². The third-order valence-electron chi connectivity index (χ3n) is 2.94. The largest absolute Gasteiger partial charge is 0.457 e. The maximum absolute atomic E-state index is 12.1. The van der Waals surface area contributed by atoms with Crippen molar-refractivity contribution in [3.63, 3.8) is 0 Å². The second-order valence-electron chi connectivity index (χ2n) is 4.35. The van der Waals surface area contributed by atoms with E-state index < -0.39 is 5.97 Å². The summed E-state index contributed by atoms with van der Waals surface area (Å²) in [5, 5.41) is 1.03. The van der Waals surface area contributed by atoms with Gasteiger partial charge in [-0.25, -0.2) is 9.78 Å². The van der Waals surface area contributed by atoms with E-state index >= 15 is 0 Å². The third-order valence-corrected chi connectivity index (χ3v) is 4.32. The van der Waals surface area contributed by atoms with Crippen LogP contribution in [0.5, 0.6) is 0 Å². The molecule has 21 heavy (non-hydrogen) atoms. The topological polar surface area (TPSA) is 39.2 Å². The fraction of sp³-hybridized carbons (Fsp3) is 0.0667. The first kappa shape index (κ1) is 14.3. The average Bonchev–Trinajstić information content (AvgIpc) is 2.93. The van der Waals surface area contributed by atoms with E-state index in [0.29, 0.717) is 21.2 Å². The molecule has 0 bridgehead atoms. The molecule has 6 heteroatoms. The smallest absolute Gasteiger partial charge is 0.338 e. The van der Waals surface area contributed by atoms with Gasteiger partial charge in [0.2, 0.25) is 0 Å². The van der Waals surface area contributed by atoms with Gasteiger partial charge in [-0.1, -0.05) is 29.3 Å². The molecule has 106 valence electrons. The van der Waals surface area contributed by atoms with Crippen molar-refractivity contribution in [3.8, 4) is 0 Å². The molecule has 3 rings (SSSR count). The number of esters is 1. The van der Waals surface area contributed by atoms with Crippen molar-refractivity contribution >= 4 is 50.7 Å². The Morgan fingerprint density at radius 2 is 2.05 bits per heavy atom. The van der Waals surface area contributed by atoms with Gasteiger partial charge in [0.25, 0.3) is 0 Å². The molecule has 0 aliphatic rings. The van der Waals surface area contributed by atoms with Crippen molar-refractivity contribution in [1.82, 2.24) is 4.98 Å². The number of rotatable bonds is 3. The number of fused-ring (bicyclic) bond motifs is 1. The van der Waals surface area contributed by atoms with E-state index in [1.165, 1.54) is 11.3 Å². The van der Waals surface area contributed by atoms with Crippen molar-refractivity contribution in [2.45, 2.75) is 6.61 Å². The van der Waals surface area contributed by atoms with E-state index in [1.807, 2.05) is 0 Å². The fourth-order valence-corrected chi connectivity index (χ4v) is 3.03. The second-order valence-corrected chi connectivity index (χ2v) is 6.08. The van der Waals surface area contributed by atoms with Crippen LogP contribution in [0.1, 0.15) is 15.9 Å². The third kappa shape index (κ3) is 3.18. The molecule has 3 nitrogen and oxygen atoms in total. The van der Waals surface area contributed by atoms with Gasteiger partial charge in [-0.15, -0.1) is 11.3 Å². The van der Waals surface area contributed by atoms with E-state index in [9.17, 15) is 4.79 Å². The molecule has 3 aromatic rings. The lowest BCUT2D eigenvalue weighted by molar-refractivity contribution is 0.0473. The summed E-state index contributed by atoms with van der Waals surface area (Å²) in [6, 6.07) is 10.4. The van der Waals surface area contributed by atoms with Crippen LogP contribution in [0.15, 0.2) is 41.9 Å². The minimum atomic E-state index is -0.392. The molecule has 0 unspecified atom stereocenters. The molecular weight excluding hydrogens is 329 g/mol. The zero-order valence-electron chi connectivity index (χ0n) is 10.7. The maximum atomic E-state index is 12.1. The predicted molar refractivity (Wildman–Crippen MR) is 85.2 cm³/mol. The first-order chi connectivity index (χ1) is 10.1. The van der Waals surface area contributed by atoms with Gasteiger partial charge < -0.3 is 4.74 Å². The van der Waals surface area contributed by atoms with Gasteiger partial charge in [-0.05, 0) is 30.3 Å². The highest BCUT2D eigenvalue weighted by Crippen LogP contribution is 2.23. The highest BCUT2D eigenvalue weighted by atomic mass is 35.5. The van der Waals surface area contributed by atoms with Crippen molar-refractivity contribution in [3.05, 3.63) is 63.1 Å². The Hall–Kier alpha value is -1.62. The Morgan fingerprint density at radius 3 is 2.86 bits per heavy atom. The summed E-state index contributed by atoms with van der Waals surface area (Å²) in [5.74, 6) is -0.392. The molecule has 2 aromatic carbocycles. The number of hydrogen-bond acceptors (Lipinski definition) is 4. The molecule has 1 aromatic heterocycles. The Labute approximate surface area is 135 Å². The lowest BCUT2D eigenvalue weighted by Crippen LogP contribution is -2.05. The first-order valence-corrected chi connectivity index (χ1v) is 7.71. The van der Waals surface area contributed by atoms with E-state index in [0.717, 1.165) is 10.2 Å². The number of thiazole rings is 1. The molecule has 0 spiro atoms. The summed E-state index contributed by atoms with van der Waals surface area (Å²) >= 11 is 13.3. The van der Waals surface area contributed by atoms with Crippen LogP contribution in [-0.4, -0.2) is 11.0 Å². The summed E-state index contributed by atoms with van der Waals surface area (Å²) < 4.78 is 6.23. The number of carbonyl (C=O) groups is 1. The molecule has 0 radical (unpaired) electrons. The zero-order chi connectivity index (χ0) is 14.8. The van der Waals surface area contributed by atoms with Gasteiger partial charge in [0.05, 0.1) is 21.3 Å². The normalized spacial score (nSPS) is 10.8. The highest BCUT2D eigenvalue weighted by molar-refractivity contribution is 7.16. The molecule has 0 atom stereocenters. The number of halogens is 2. The van der Waals surface area contributed by atoms with Crippen molar-refractivity contribution in [1.29, 1.82) is 0 Å². The van der Waals surface area contributed by atoms with E-state index in [1.54, 1.807) is 41.9 Å². The number of carbonyl (C=O) groups excluding carboxylic acids is 1. The summed E-state index contributed by atoms with van der Waals surface area (Å²) in [5.41, 5.74) is 3.83. The molecule has 0 amide bonds. The Kier molecular flexibility index (Phi) is 4.10. The van der Waals surface area contributed by atoms with Crippen LogP contribution in [-0.2, 0) is 11.3 Å². The summed E-state index contributed by atoms with van der Waals surface area (Å²) in [6.45, 7) is 0.107. The molecule has 0 saturated carbocycles. The molecule has 1 heterocycles. The van der Waals surface area contributed by atoms with E-state index in [2.05, 4.69) is 4.98 Å². The SMILES string of the molecule is O=C(OCc1ccc(Cl)cc1Cl)c1ccc2ncsc2c1. The number of aromatic nitrogens is 1. The van der Waals surface area contributed by atoms with Gasteiger partial charge in [-0.3, -0.25) is 0 Å². The van der Waals surface area contributed by atoms with Crippen molar-refractivity contribution in [2.24, 2.45) is 0 Å². The standard InChI is InChI=1S/C15H9Cl2NO2S/c16-11-3-1-10(12(17)6-11)7-20-15(19)9-2-4-13-14(5-9)21-8-18-13/h1-6,8H,7H2. The second kappa shape index (κ2) is 6.02. The lowest BCUT2D eigenvalue weighted by Gasteiger charge is -2.07. The first-order valence-electron chi connectivity index (χ1n) is 6.08. The van der Waals surface area contributed by atoms with Crippen LogP contribution in [0.3, 0.4) is 0 Å². The number of ether oxygens (including phenoxy) is 1. The van der Waals surface area contributed by atoms with Crippen LogP contribution >= 0.6 is 34.5 Å². The molecular formula is C15H9Cl2NO2S. The van der Waals surface area contributed by atoms with Crippen LogP contribution in [0.2, 0.25) is 10.0 Å². The van der Waals surface area contributed by atoms with Gasteiger partial charge in [0.15, 0.2) is 0 Å². The molecule has 0 aliphatic heterocycles. The molecule has 0 N–H and O–H groups in total. The van der Waals surface area contributed by atoms with Crippen LogP contribution in [0.25, 0.3) is 10.2 Å². The lowest BCUT2D eigenvalue weighted by atomic mass is 10.2. The number of benzene rings is 2. The molecule has 0 fully saturated rings. The number of nitrogens with zero attached hydrogens (tertiary/aromatic N) is 1. The molecule has 0 aliphatic carbocycles. The predicted octanol–water partition coefficient (Wildman–Crippen LogP) is 4.96.